The summed E-state index contributed by atoms with van der Waals surface area (Å²) in [5, 5.41) is 0. The van der Waals surface area contributed by atoms with Gasteiger partial charge in [0, 0.05) is 5.56 Å². The van der Waals surface area contributed by atoms with Crippen LogP contribution in [0.3, 0.4) is 0 Å². The summed E-state index contributed by atoms with van der Waals surface area (Å²) >= 11 is 0. The zero-order valence-electron chi connectivity index (χ0n) is 12.4. The van der Waals surface area contributed by atoms with E-state index in [4.69, 9.17) is 10.5 Å². The monoisotopic (exact) mass is 271 g/mol. The molecule has 2 nitrogen and oxygen atoms in total. The lowest BCUT2D eigenvalue weighted by atomic mass is 9.85. The lowest BCUT2D eigenvalue weighted by Crippen LogP contribution is -2.22. The molecule has 2 N–H and O–H groups in total. The fraction of sp³-hybridized carbons (Fsp3) is 0.556. The first-order valence-electron chi connectivity index (χ1n) is 7.72. The van der Waals surface area contributed by atoms with E-state index in [2.05, 4.69) is 24.8 Å². The fourth-order valence-corrected chi connectivity index (χ4v) is 2.89. The topological polar surface area (TPSA) is 35.2 Å². The van der Waals surface area contributed by atoms with Gasteiger partial charge in [-0.15, -0.1) is 0 Å². The van der Waals surface area contributed by atoms with Gasteiger partial charge in [0.1, 0.15) is 0 Å². The van der Waals surface area contributed by atoms with Crippen molar-refractivity contribution in [3.8, 4) is 11.8 Å². The van der Waals surface area contributed by atoms with Crippen molar-refractivity contribution in [2.24, 2.45) is 11.7 Å². The van der Waals surface area contributed by atoms with E-state index in [9.17, 15) is 0 Å². The third-order valence-corrected chi connectivity index (χ3v) is 4.13. The van der Waals surface area contributed by atoms with Crippen LogP contribution in [-0.2, 0) is 11.3 Å². The summed E-state index contributed by atoms with van der Waals surface area (Å²) in [7, 11) is 0. The fourth-order valence-electron chi connectivity index (χ4n) is 2.89. The molecule has 1 aromatic rings. The van der Waals surface area contributed by atoms with Gasteiger partial charge >= 0.3 is 0 Å². The average Bonchev–Trinajstić information content (AvgIpc) is 2.52. The highest BCUT2D eigenvalue weighted by molar-refractivity contribution is 5.41. The molecule has 1 fully saturated rings. The molecule has 0 spiro atoms. The second kappa shape index (κ2) is 8.09. The minimum Gasteiger partial charge on any atom is -0.373 e. The van der Waals surface area contributed by atoms with Crippen LogP contribution in [0.1, 0.15) is 50.2 Å². The zero-order valence-corrected chi connectivity index (χ0v) is 12.4. The Bertz CT molecular complexity index is 472. The molecule has 0 saturated heterocycles. The van der Waals surface area contributed by atoms with Gasteiger partial charge in [0.2, 0.25) is 0 Å². The molecule has 2 atom stereocenters. The Hall–Kier alpha value is -1.30. The van der Waals surface area contributed by atoms with E-state index in [-0.39, 0.29) is 0 Å². The standard InChI is InChI=1S/C18H25NO/c1-2-15-7-5-11-18(13-15)20-14-17-9-4-3-8-16(17)10-6-12-19/h3-4,8-9,15,18H,2,5,7,11-14,19H2,1H3. The highest BCUT2D eigenvalue weighted by atomic mass is 16.5. The second-order valence-corrected chi connectivity index (χ2v) is 5.54. The minimum absolute atomic E-state index is 0.399. The Morgan fingerprint density at radius 1 is 1.30 bits per heavy atom. The Labute approximate surface area is 122 Å². The molecule has 1 aliphatic rings. The molecule has 2 unspecified atom stereocenters. The molecule has 1 aliphatic carbocycles. The molecular formula is C18H25NO. The van der Waals surface area contributed by atoms with Gasteiger partial charge in [-0.2, -0.15) is 0 Å². The lowest BCUT2D eigenvalue weighted by Gasteiger charge is -2.28. The van der Waals surface area contributed by atoms with Crippen molar-refractivity contribution in [2.75, 3.05) is 6.54 Å². The van der Waals surface area contributed by atoms with E-state index in [1.54, 1.807) is 0 Å². The Balaban J connectivity index is 1.93. The van der Waals surface area contributed by atoms with Crippen molar-refractivity contribution < 1.29 is 4.74 Å². The maximum absolute atomic E-state index is 6.12. The first-order chi connectivity index (χ1) is 9.83. The summed E-state index contributed by atoms with van der Waals surface area (Å²) in [5.41, 5.74) is 7.66. The number of benzene rings is 1. The first-order valence-corrected chi connectivity index (χ1v) is 7.72. The van der Waals surface area contributed by atoms with Crippen LogP contribution in [0.4, 0.5) is 0 Å². The van der Waals surface area contributed by atoms with Crippen LogP contribution in [0, 0.1) is 17.8 Å². The highest BCUT2D eigenvalue weighted by Crippen LogP contribution is 2.29. The summed E-state index contributed by atoms with van der Waals surface area (Å²) in [4.78, 5) is 0. The predicted octanol–water partition coefficient (Wildman–Crippen LogP) is 3.48. The van der Waals surface area contributed by atoms with E-state index in [1.807, 2.05) is 18.2 Å². The summed E-state index contributed by atoms with van der Waals surface area (Å²) in [5.74, 6) is 6.90. The zero-order chi connectivity index (χ0) is 14.2. The van der Waals surface area contributed by atoms with Gasteiger partial charge in [0.25, 0.3) is 0 Å². The van der Waals surface area contributed by atoms with Gasteiger partial charge in [0.05, 0.1) is 19.3 Å². The summed E-state index contributed by atoms with van der Waals surface area (Å²) in [6, 6.07) is 8.19. The molecule has 0 heterocycles. The number of hydrogen-bond acceptors (Lipinski definition) is 2. The molecule has 0 bridgehead atoms. The SMILES string of the molecule is CCC1CCCC(OCc2ccccc2C#CCN)C1. The number of ether oxygens (including phenoxy) is 1. The molecule has 0 aliphatic heterocycles. The largest absolute Gasteiger partial charge is 0.373 e. The van der Waals surface area contributed by atoms with Crippen LogP contribution in [0.5, 0.6) is 0 Å². The minimum atomic E-state index is 0.399. The van der Waals surface area contributed by atoms with Crippen molar-refractivity contribution in [3.63, 3.8) is 0 Å². The van der Waals surface area contributed by atoms with Gasteiger partial charge in [-0.3, -0.25) is 0 Å². The van der Waals surface area contributed by atoms with Gasteiger partial charge in [0.15, 0.2) is 0 Å². The molecule has 0 radical (unpaired) electrons. The van der Waals surface area contributed by atoms with E-state index in [0.717, 1.165) is 11.5 Å². The van der Waals surface area contributed by atoms with E-state index < -0.39 is 0 Å². The summed E-state index contributed by atoms with van der Waals surface area (Å²) in [6.45, 7) is 3.34. The lowest BCUT2D eigenvalue weighted by molar-refractivity contribution is 0.00169. The van der Waals surface area contributed by atoms with Crippen LogP contribution >= 0.6 is 0 Å². The normalized spacial score (nSPS) is 22.1. The van der Waals surface area contributed by atoms with Gasteiger partial charge in [-0.1, -0.05) is 56.2 Å². The van der Waals surface area contributed by atoms with Crippen molar-refractivity contribution in [1.29, 1.82) is 0 Å². The molecule has 0 aromatic heterocycles. The van der Waals surface area contributed by atoms with Crippen LogP contribution in [-0.4, -0.2) is 12.6 Å². The summed E-state index contributed by atoms with van der Waals surface area (Å²) in [6.07, 6.45) is 6.79. The number of nitrogens with two attached hydrogens (primary N) is 1. The van der Waals surface area contributed by atoms with Crippen molar-refractivity contribution in [1.82, 2.24) is 0 Å². The Kier molecular flexibility index (Phi) is 6.11. The molecule has 2 rings (SSSR count). The number of hydrogen-bond donors (Lipinski definition) is 1. The summed E-state index contributed by atoms with van der Waals surface area (Å²) < 4.78 is 6.12. The van der Waals surface area contributed by atoms with E-state index >= 15 is 0 Å². The van der Waals surface area contributed by atoms with Crippen LogP contribution in [0.2, 0.25) is 0 Å². The third-order valence-electron chi connectivity index (χ3n) is 4.13. The van der Waals surface area contributed by atoms with Crippen LogP contribution in [0.25, 0.3) is 0 Å². The average molecular weight is 271 g/mol. The molecule has 0 amide bonds. The molecule has 1 aromatic carbocycles. The van der Waals surface area contributed by atoms with Gasteiger partial charge in [-0.05, 0) is 30.4 Å². The first kappa shape index (κ1) is 15.1. The van der Waals surface area contributed by atoms with Gasteiger partial charge in [-0.25, -0.2) is 0 Å². The Morgan fingerprint density at radius 3 is 2.95 bits per heavy atom. The number of rotatable bonds is 4. The highest BCUT2D eigenvalue weighted by Gasteiger charge is 2.21. The smallest absolute Gasteiger partial charge is 0.0732 e. The van der Waals surface area contributed by atoms with E-state index in [1.165, 1.54) is 37.7 Å². The molecular weight excluding hydrogens is 246 g/mol. The second-order valence-electron chi connectivity index (χ2n) is 5.54. The van der Waals surface area contributed by atoms with E-state index in [0.29, 0.717) is 19.3 Å². The Morgan fingerprint density at radius 2 is 2.15 bits per heavy atom. The quantitative estimate of drug-likeness (QED) is 0.851. The van der Waals surface area contributed by atoms with Crippen LogP contribution < -0.4 is 5.73 Å². The van der Waals surface area contributed by atoms with Crippen molar-refractivity contribution in [3.05, 3.63) is 35.4 Å². The molecule has 2 heteroatoms. The third kappa shape index (κ3) is 4.37. The van der Waals surface area contributed by atoms with Crippen molar-refractivity contribution >= 4 is 0 Å². The molecule has 20 heavy (non-hydrogen) atoms. The predicted molar refractivity (Wildman–Crippen MR) is 83.2 cm³/mol. The molecule has 108 valence electrons. The maximum atomic E-state index is 6.12. The van der Waals surface area contributed by atoms with Crippen molar-refractivity contribution in [2.45, 2.75) is 51.7 Å². The molecule has 1 saturated carbocycles. The maximum Gasteiger partial charge on any atom is 0.0732 e. The van der Waals surface area contributed by atoms with Crippen LogP contribution in [0.15, 0.2) is 24.3 Å². The van der Waals surface area contributed by atoms with Gasteiger partial charge < -0.3 is 10.5 Å².